The Morgan fingerprint density at radius 1 is 1.25 bits per heavy atom. The number of aryl methyl sites for hydroxylation is 1. The van der Waals surface area contributed by atoms with Crippen molar-refractivity contribution in [1.29, 1.82) is 0 Å². The maximum absolute atomic E-state index is 10.3. The molecule has 3 N–H and O–H groups in total. The van der Waals surface area contributed by atoms with Gasteiger partial charge in [-0.15, -0.1) is 0 Å². The van der Waals surface area contributed by atoms with Gasteiger partial charge in [0.1, 0.15) is 17.2 Å². The largest absolute Gasteiger partial charge is 0.497 e. The normalized spacial score (nSPS) is 12.3. The molecule has 0 amide bonds. The molecule has 1 aromatic carbocycles. The second-order valence-corrected chi connectivity index (χ2v) is 5.60. The van der Waals surface area contributed by atoms with Gasteiger partial charge in [0.15, 0.2) is 5.76 Å². The first-order valence-electron chi connectivity index (χ1n) is 7.79. The molecular formula is C18H21N3O3. The number of furan rings is 1. The summed E-state index contributed by atoms with van der Waals surface area (Å²) in [5, 5.41) is 20.5. The Bertz CT molecular complexity index is 777. The fraction of sp³-hybridized carbons (Fsp3) is 0.278. The van der Waals surface area contributed by atoms with Crippen LogP contribution in [-0.2, 0) is 6.54 Å². The highest BCUT2D eigenvalue weighted by Crippen LogP contribution is 2.23. The summed E-state index contributed by atoms with van der Waals surface area (Å²) in [6.45, 7) is 2.93. The summed E-state index contributed by atoms with van der Waals surface area (Å²) in [6, 6.07) is 11.2. The van der Waals surface area contributed by atoms with Gasteiger partial charge in [0, 0.05) is 18.7 Å². The van der Waals surface area contributed by atoms with Gasteiger partial charge < -0.3 is 19.6 Å². The molecule has 0 fully saturated rings. The van der Waals surface area contributed by atoms with E-state index in [-0.39, 0.29) is 0 Å². The van der Waals surface area contributed by atoms with Crippen molar-refractivity contribution in [3.05, 3.63) is 59.5 Å². The van der Waals surface area contributed by atoms with E-state index in [9.17, 15) is 5.11 Å². The number of hydrogen-bond acceptors (Lipinski definition) is 5. The van der Waals surface area contributed by atoms with E-state index in [1.54, 1.807) is 13.3 Å². The lowest BCUT2D eigenvalue weighted by Crippen LogP contribution is -2.21. The first-order valence-corrected chi connectivity index (χ1v) is 7.79. The van der Waals surface area contributed by atoms with Gasteiger partial charge in [0.05, 0.1) is 19.4 Å². The van der Waals surface area contributed by atoms with E-state index in [0.29, 0.717) is 13.1 Å². The third-order valence-corrected chi connectivity index (χ3v) is 3.86. The summed E-state index contributed by atoms with van der Waals surface area (Å²) >= 11 is 0. The van der Waals surface area contributed by atoms with Gasteiger partial charge in [-0.1, -0.05) is 12.1 Å². The van der Waals surface area contributed by atoms with Crippen LogP contribution in [0.4, 0.5) is 0 Å². The van der Waals surface area contributed by atoms with E-state index in [1.807, 2.05) is 43.3 Å². The minimum Gasteiger partial charge on any atom is -0.497 e. The Morgan fingerprint density at radius 2 is 2.04 bits per heavy atom. The topological polar surface area (TPSA) is 83.3 Å². The Balaban J connectivity index is 1.57. The lowest BCUT2D eigenvalue weighted by molar-refractivity contribution is 0.174. The molecule has 24 heavy (non-hydrogen) atoms. The summed E-state index contributed by atoms with van der Waals surface area (Å²) in [6.07, 6.45) is 1.18. The van der Waals surface area contributed by atoms with Crippen molar-refractivity contribution in [3.63, 3.8) is 0 Å². The van der Waals surface area contributed by atoms with Crippen LogP contribution in [-0.4, -0.2) is 29.0 Å². The number of rotatable bonds is 7. The third kappa shape index (κ3) is 3.67. The Labute approximate surface area is 140 Å². The van der Waals surface area contributed by atoms with Crippen LogP contribution in [0.25, 0.3) is 11.5 Å². The monoisotopic (exact) mass is 327 g/mol. The van der Waals surface area contributed by atoms with E-state index in [1.165, 1.54) is 0 Å². The fourth-order valence-corrected chi connectivity index (χ4v) is 2.51. The number of aromatic amines is 1. The molecule has 2 heterocycles. The van der Waals surface area contributed by atoms with Gasteiger partial charge in [0.2, 0.25) is 0 Å². The van der Waals surface area contributed by atoms with E-state index >= 15 is 0 Å². The van der Waals surface area contributed by atoms with E-state index in [2.05, 4.69) is 15.5 Å². The number of hydrogen-bond donors (Lipinski definition) is 3. The zero-order chi connectivity index (χ0) is 16.9. The molecule has 6 nitrogen and oxygen atoms in total. The number of benzene rings is 1. The molecule has 1 unspecified atom stereocenters. The zero-order valence-corrected chi connectivity index (χ0v) is 13.7. The van der Waals surface area contributed by atoms with Crippen molar-refractivity contribution in [3.8, 4) is 17.2 Å². The highest BCUT2D eigenvalue weighted by atomic mass is 16.5. The van der Waals surface area contributed by atoms with E-state index < -0.39 is 6.10 Å². The van der Waals surface area contributed by atoms with Gasteiger partial charge in [0.25, 0.3) is 0 Å². The predicted octanol–water partition coefficient (Wildman–Crippen LogP) is 2.81. The number of nitrogens with one attached hydrogen (secondary N) is 2. The molecule has 3 aromatic rings. The second-order valence-electron chi connectivity index (χ2n) is 5.60. The third-order valence-electron chi connectivity index (χ3n) is 3.86. The Kier molecular flexibility index (Phi) is 4.98. The SMILES string of the molecule is COc1ccc(C(O)CNCc2cn[nH]c2-c2ccc(C)o2)cc1. The van der Waals surface area contributed by atoms with Crippen molar-refractivity contribution in [2.45, 2.75) is 19.6 Å². The number of H-pyrrole nitrogens is 1. The number of aromatic nitrogens is 2. The summed E-state index contributed by atoms with van der Waals surface area (Å²) in [7, 11) is 1.62. The van der Waals surface area contributed by atoms with Crippen LogP contribution in [0.15, 0.2) is 47.0 Å². The molecule has 126 valence electrons. The molecule has 2 aromatic heterocycles. The highest BCUT2D eigenvalue weighted by molar-refractivity contribution is 5.56. The average Bonchev–Trinajstić information content (AvgIpc) is 3.23. The summed E-state index contributed by atoms with van der Waals surface area (Å²) < 4.78 is 10.7. The molecule has 0 saturated carbocycles. The molecule has 0 spiro atoms. The van der Waals surface area contributed by atoms with Crippen LogP contribution in [0.1, 0.15) is 23.0 Å². The van der Waals surface area contributed by atoms with Crippen molar-refractivity contribution >= 4 is 0 Å². The molecule has 0 aliphatic carbocycles. The van der Waals surface area contributed by atoms with Crippen molar-refractivity contribution in [2.75, 3.05) is 13.7 Å². The maximum Gasteiger partial charge on any atom is 0.152 e. The lowest BCUT2D eigenvalue weighted by Gasteiger charge is -2.12. The van der Waals surface area contributed by atoms with Gasteiger partial charge in [-0.3, -0.25) is 5.10 Å². The highest BCUT2D eigenvalue weighted by Gasteiger charge is 2.12. The number of nitrogens with zero attached hydrogens (tertiary/aromatic N) is 1. The van der Waals surface area contributed by atoms with E-state index in [4.69, 9.17) is 9.15 Å². The smallest absolute Gasteiger partial charge is 0.152 e. The lowest BCUT2D eigenvalue weighted by atomic mass is 10.1. The Hall–Kier alpha value is -2.57. The number of aliphatic hydroxyl groups excluding tert-OH is 1. The average molecular weight is 327 g/mol. The molecule has 0 aliphatic rings. The molecular weight excluding hydrogens is 306 g/mol. The van der Waals surface area contributed by atoms with Crippen LogP contribution in [0.5, 0.6) is 5.75 Å². The second kappa shape index (κ2) is 7.33. The minimum atomic E-state index is -0.586. The first kappa shape index (κ1) is 16.3. The van der Waals surface area contributed by atoms with Crippen LogP contribution < -0.4 is 10.1 Å². The molecule has 0 saturated heterocycles. The van der Waals surface area contributed by atoms with Crippen LogP contribution >= 0.6 is 0 Å². The fourth-order valence-electron chi connectivity index (χ4n) is 2.51. The minimum absolute atomic E-state index is 0.439. The molecule has 0 radical (unpaired) electrons. The zero-order valence-electron chi connectivity index (χ0n) is 13.7. The molecule has 0 bridgehead atoms. The number of methoxy groups -OCH3 is 1. The van der Waals surface area contributed by atoms with Gasteiger partial charge >= 0.3 is 0 Å². The first-order chi connectivity index (χ1) is 11.7. The summed E-state index contributed by atoms with van der Waals surface area (Å²) in [5.74, 6) is 2.39. The number of ether oxygens (including phenoxy) is 1. The van der Waals surface area contributed by atoms with Crippen molar-refractivity contribution in [1.82, 2.24) is 15.5 Å². The van der Waals surface area contributed by atoms with Crippen LogP contribution in [0.2, 0.25) is 0 Å². The predicted molar refractivity (Wildman–Crippen MR) is 90.7 cm³/mol. The van der Waals surface area contributed by atoms with Crippen molar-refractivity contribution in [2.24, 2.45) is 0 Å². The quantitative estimate of drug-likeness (QED) is 0.621. The van der Waals surface area contributed by atoms with E-state index in [0.717, 1.165) is 34.1 Å². The van der Waals surface area contributed by atoms with Crippen molar-refractivity contribution < 1.29 is 14.3 Å². The molecule has 0 aliphatic heterocycles. The van der Waals surface area contributed by atoms with Crippen LogP contribution in [0, 0.1) is 6.92 Å². The standard InChI is InChI=1S/C18H21N3O3/c1-12-3-8-17(24-12)18-14(10-20-21-18)9-19-11-16(22)13-4-6-15(23-2)7-5-13/h3-8,10,16,19,22H,9,11H2,1-2H3,(H,20,21). The maximum atomic E-state index is 10.3. The van der Waals surface area contributed by atoms with Crippen LogP contribution in [0.3, 0.4) is 0 Å². The molecule has 3 rings (SSSR count). The summed E-state index contributed by atoms with van der Waals surface area (Å²) in [4.78, 5) is 0. The molecule has 1 atom stereocenters. The Morgan fingerprint density at radius 3 is 2.71 bits per heavy atom. The van der Waals surface area contributed by atoms with Gasteiger partial charge in [-0.05, 0) is 36.8 Å². The molecule has 6 heteroatoms. The summed E-state index contributed by atoms with van der Waals surface area (Å²) in [5.41, 5.74) is 2.69. The number of aliphatic hydroxyl groups is 1. The van der Waals surface area contributed by atoms with Gasteiger partial charge in [-0.25, -0.2) is 0 Å². The van der Waals surface area contributed by atoms with Gasteiger partial charge in [-0.2, -0.15) is 5.10 Å².